The van der Waals surface area contributed by atoms with Crippen molar-refractivity contribution in [2.75, 3.05) is 19.4 Å². The molecule has 0 atom stereocenters. The molecule has 6 nitrogen and oxygen atoms in total. The molecule has 29 heavy (non-hydrogen) atoms. The fourth-order valence-electron chi connectivity index (χ4n) is 2.28. The highest BCUT2D eigenvalue weighted by molar-refractivity contribution is 5.37. The molecule has 2 rings (SSSR count). The van der Waals surface area contributed by atoms with Crippen molar-refractivity contribution in [1.29, 1.82) is 0 Å². The molecule has 0 aliphatic rings. The first-order valence-corrected chi connectivity index (χ1v) is 9.12. The highest BCUT2D eigenvalue weighted by Crippen LogP contribution is 2.31. The Labute approximate surface area is 169 Å². The molecule has 0 aliphatic heterocycles. The van der Waals surface area contributed by atoms with Crippen molar-refractivity contribution in [2.24, 2.45) is 5.73 Å². The molecule has 0 radical (unpaired) electrons. The van der Waals surface area contributed by atoms with Gasteiger partial charge in [0.15, 0.2) is 0 Å². The van der Waals surface area contributed by atoms with E-state index in [1.807, 2.05) is 25.8 Å². The lowest BCUT2D eigenvalue weighted by molar-refractivity contribution is -0.137. The lowest BCUT2D eigenvalue weighted by Gasteiger charge is -2.22. The summed E-state index contributed by atoms with van der Waals surface area (Å²) in [5.74, 6) is 1.07. The zero-order chi connectivity index (χ0) is 22.2. The summed E-state index contributed by atoms with van der Waals surface area (Å²) < 4.78 is 43.7. The summed E-state index contributed by atoms with van der Waals surface area (Å²) in [6.07, 6.45) is -2.77. The Balaban J connectivity index is 0.00000204. The van der Waals surface area contributed by atoms with Crippen LogP contribution in [-0.2, 0) is 12.7 Å². The van der Waals surface area contributed by atoms with E-state index in [0.29, 0.717) is 29.6 Å². The van der Waals surface area contributed by atoms with E-state index in [1.54, 1.807) is 20.0 Å². The second-order valence-electron chi connectivity index (χ2n) is 6.11. The summed E-state index contributed by atoms with van der Waals surface area (Å²) in [4.78, 5) is 10.1. The smallest absolute Gasteiger partial charge is 0.416 e. The van der Waals surface area contributed by atoms with Gasteiger partial charge in [0.1, 0.15) is 24.0 Å². The number of rotatable bonds is 6. The Bertz CT molecular complexity index is 837. The Morgan fingerprint density at radius 2 is 1.90 bits per heavy atom. The van der Waals surface area contributed by atoms with Crippen LogP contribution in [0.5, 0.6) is 5.75 Å². The summed E-state index contributed by atoms with van der Waals surface area (Å²) in [7, 11) is 1.81. The maximum absolute atomic E-state index is 12.7. The van der Waals surface area contributed by atoms with Crippen LogP contribution in [0.2, 0.25) is 0 Å². The molecule has 0 bridgehead atoms. The van der Waals surface area contributed by atoms with Gasteiger partial charge in [-0.15, -0.1) is 0 Å². The van der Waals surface area contributed by atoms with E-state index in [4.69, 9.17) is 16.2 Å². The molecule has 0 unspecified atom stereocenters. The third-order valence-corrected chi connectivity index (χ3v) is 4.02. The first kappa shape index (κ1) is 24.1. The van der Waals surface area contributed by atoms with E-state index in [9.17, 15) is 13.2 Å². The molecule has 1 aromatic heterocycles. The van der Waals surface area contributed by atoms with E-state index in [0.717, 1.165) is 17.7 Å². The fourth-order valence-corrected chi connectivity index (χ4v) is 2.28. The number of halogens is 3. The van der Waals surface area contributed by atoms with Crippen LogP contribution in [-0.4, -0.2) is 28.5 Å². The highest BCUT2D eigenvalue weighted by atomic mass is 19.4. The first-order chi connectivity index (χ1) is 13.6. The Morgan fingerprint density at radius 3 is 2.48 bits per heavy atom. The maximum Gasteiger partial charge on any atom is 0.416 e. The zero-order valence-corrected chi connectivity index (χ0v) is 17.3. The van der Waals surface area contributed by atoms with Gasteiger partial charge < -0.3 is 21.1 Å². The molecule has 0 saturated carbocycles. The largest absolute Gasteiger partial charge is 0.487 e. The first-order valence-electron chi connectivity index (χ1n) is 9.12. The molecule has 0 amide bonds. The molecule has 2 aromatic rings. The second-order valence-corrected chi connectivity index (χ2v) is 6.11. The SMILES string of the molecule is C/C(=C(/N)COc1cccc(C(F)(F)F)c1)N(C)Cc1cnc(C)nc1N.CC. The van der Waals surface area contributed by atoms with Crippen LogP contribution in [0.15, 0.2) is 41.9 Å². The number of nitrogen functional groups attached to an aromatic ring is 1. The van der Waals surface area contributed by atoms with E-state index in [1.165, 1.54) is 12.1 Å². The molecule has 9 heteroatoms. The molecule has 0 spiro atoms. The molecule has 4 N–H and O–H groups in total. The second kappa shape index (κ2) is 10.5. The van der Waals surface area contributed by atoms with Crippen LogP contribution >= 0.6 is 0 Å². The number of nitrogens with zero attached hydrogens (tertiary/aromatic N) is 3. The van der Waals surface area contributed by atoms with Gasteiger partial charge in [0.05, 0.1) is 11.3 Å². The average Bonchev–Trinajstić information content (AvgIpc) is 2.68. The number of ether oxygens (including phenoxy) is 1. The minimum atomic E-state index is -4.42. The lowest BCUT2D eigenvalue weighted by Crippen LogP contribution is -2.23. The zero-order valence-electron chi connectivity index (χ0n) is 17.3. The summed E-state index contributed by atoms with van der Waals surface area (Å²) in [6, 6.07) is 4.67. The van der Waals surface area contributed by atoms with E-state index in [2.05, 4.69) is 9.97 Å². The van der Waals surface area contributed by atoms with Gasteiger partial charge in [-0.25, -0.2) is 9.97 Å². The van der Waals surface area contributed by atoms with Gasteiger partial charge in [0.2, 0.25) is 0 Å². The van der Waals surface area contributed by atoms with Crippen LogP contribution in [0, 0.1) is 6.92 Å². The number of alkyl halides is 3. The number of hydrogen-bond donors (Lipinski definition) is 2. The Kier molecular flexibility index (Phi) is 8.75. The van der Waals surface area contributed by atoms with Crippen LogP contribution in [0.25, 0.3) is 0 Å². The van der Waals surface area contributed by atoms with Crippen molar-refractivity contribution in [2.45, 2.75) is 40.4 Å². The topological polar surface area (TPSA) is 90.3 Å². The van der Waals surface area contributed by atoms with Gasteiger partial charge in [-0.3, -0.25) is 0 Å². The van der Waals surface area contributed by atoms with Gasteiger partial charge in [-0.1, -0.05) is 19.9 Å². The Hall–Kier alpha value is -2.97. The predicted molar refractivity (Wildman–Crippen MR) is 108 cm³/mol. The van der Waals surface area contributed by atoms with Crippen LogP contribution in [0.3, 0.4) is 0 Å². The molecular weight excluding hydrogens is 383 g/mol. The minimum absolute atomic E-state index is 0.0443. The van der Waals surface area contributed by atoms with Gasteiger partial charge in [-0.05, 0) is 32.0 Å². The van der Waals surface area contributed by atoms with Crippen molar-refractivity contribution < 1.29 is 17.9 Å². The number of hydrogen-bond acceptors (Lipinski definition) is 6. The molecule has 1 heterocycles. The summed E-state index contributed by atoms with van der Waals surface area (Å²) in [5, 5.41) is 0. The molecule has 0 saturated heterocycles. The van der Waals surface area contributed by atoms with Gasteiger partial charge in [-0.2, -0.15) is 13.2 Å². The third kappa shape index (κ3) is 7.17. The van der Waals surface area contributed by atoms with E-state index >= 15 is 0 Å². The molecule has 0 aliphatic carbocycles. The van der Waals surface area contributed by atoms with E-state index in [-0.39, 0.29) is 12.4 Å². The number of allylic oxidation sites excluding steroid dienone is 1. The van der Waals surface area contributed by atoms with Crippen molar-refractivity contribution in [3.8, 4) is 5.75 Å². The van der Waals surface area contributed by atoms with E-state index < -0.39 is 11.7 Å². The van der Waals surface area contributed by atoms with Gasteiger partial charge in [0, 0.05) is 31.0 Å². The molecular formula is C20H28F3N5O. The average molecular weight is 411 g/mol. The summed E-state index contributed by atoms with van der Waals surface area (Å²) >= 11 is 0. The predicted octanol–water partition coefficient (Wildman–Crippen LogP) is 4.11. The summed E-state index contributed by atoms with van der Waals surface area (Å²) in [5.41, 5.74) is 13.0. The fraction of sp³-hybridized carbons (Fsp3) is 0.400. The number of aryl methyl sites for hydroxylation is 1. The standard InChI is InChI=1S/C18H22F3N5O.C2H6/c1-11(26(3)9-13-8-24-12(2)25-17(13)23)16(22)10-27-15-6-4-5-14(7-15)18(19,20)21;1-2/h4-8H,9-10,22H2,1-3H3,(H2,23,24,25);1-2H3/b16-11-;. The molecule has 0 fully saturated rings. The summed E-state index contributed by atoms with van der Waals surface area (Å²) in [6.45, 7) is 7.92. The minimum Gasteiger partial charge on any atom is -0.487 e. The number of aromatic nitrogens is 2. The molecule has 1 aromatic carbocycles. The third-order valence-electron chi connectivity index (χ3n) is 4.02. The van der Waals surface area contributed by atoms with Crippen molar-refractivity contribution in [1.82, 2.24) is 14.9 Å². The van der Waals surface area contributed by atoms with Crippen LogP contribution in [0.1, 0.15) is 37.7 Å². The van der Waals surface area contributed by atoms with Gasteiger partial charge >= 0.3 is 6.18 Å². The van der Waals surface area contributed by atoms with Crippen LogP contribution in [0.4, 0.5) is 19.0 Å². The van der Waals surface area contributed by atoms with Gasteiger partial charge in [0.25, 0.3) is 0 Å². The maximum atomic E-state index is 12.7. The molecule has 160 valence electrons. The number of nitrogens with two attached hydrogens (primary N) is 2. The monoisotopic (exact) mass is 411 g/mol. The normalized spacial score (nSPS) is 11.9. The highest BCUT2D eigenvalue weighted by Gasteiger charge is 2.30. The van der Waals surface area contributed by atoms with Crippen molar-refractivity contribution >= 4 is 5.82 Å². The van der Waals surface area contributed by atoms with Crippen LogP contribution < -0.4 is 16.2 Å². The van der Waals surface area contributed by atoms with Crippen molar-refractivity contribution in [3.63, 3.8) is 0 Å². The number of benzene rings is 1. The number of anilines is 1. The van der Waals surface area contributed by atoms with Crippen molar-refractivity contribution in [3.05, 3.63) is 58.8 Å². The quantitative estimate of drug-likeness (QED) is 0.743. The lowest BCUT2D eigenvalue weighted by atomic mass is 10.2. The Morgan fingerprint density at radius 1 is 1.24 bits per heavy atom.